The Kier molecular flexibility index (Phi) is 9.95. The zero-order valence-electron chi connectivity index (χ0n) is 23.1. The quantitative estimate of drug-likeness (QED) is 0.144. The molecule has 1 N–H and O–H groups in total. The van der Waals surface area contributed by atoms with E-state index in [0.29, 0.717) is 24.2 Å². The van der Waals surface area contributed by atoms with Gasteiger partial charge in [0, 0.05) is 0 Å². The van der Waals surface area contributed by atoms with Crippen LogP contribution in [0.1, 0.15) is 101 Å². The smallest absolute Gasteiger partial charge is 0.343 e. The second-order valence-electron chi connectivity index (χ2n) is 10.2. The summed E-state index contributed by atoms with van der Waals surface area (Å²) >= 11 is 0. The summed E-state index contributed by atoms with van der Waals surface area (Å²) in [5.74, 6) is -2.28. The van der Waals surface area contributed by atoms with Crippen molar-refractivity contribution in [3.05, 3.63) is 88.5 Å². The fraction of sp³-hybridized carbons (Fsp3) is 0.364. The Morgan fingerprint density at radius 3 is 2.23 bits per heavy atom. The van der Waals surface area contributed by atoms with E-state index in [0.717, 1.165) is 31.2 Å². The first kappa shape index (κ1) is 28.9. The van der Waals surface area contributed by atoms with Gasteiger partial charge in [-0.2, -0.15) is 0 Å². The van der Waals surface area contributed by atoms with Gasteiger partial charge >= 0.3 is 17.9 Å². The molecule has 1 aliphatic rings. The van der Waals surface area contributed by atoms with Gasteiger partial charge in [0.2, 0.25) is 0 Å². The topological polar surface area (TPSA) is 99.1 Å². The summed E-state index contributed by atoms with van der Waals surface area (Å²) in [6.07, 6.45) is 8.67. The maximum absolute atomic E-state index is 13.2. The Morgan fingerprint density at radius 2 is 1.52 bits per heavy atom. The van der Waals surface area contributed by atoms with Crippen LogP contribution < -0.4 is 14.2 Å². The molecule has 3 aromatic carbocycles. The van der Waals surface area contributed by atoms with E-state index in [2.05, 4.69) is 6.92 Å². The molecule has 1 aliphatic carbocycles. The zero-order valence-corrected chi connectivity index (χ0v) is 23.1. The molecule has 0 heterocycles. The van der Waals surface area contributed by atoms with Crippen LogP contribution in [0.3, 0.4) is 0 Å². The molecule has 7 heteroatoms. The highest BCUT2D eigenvalue weighted by Crippen LogP contribution is 2.40. The van der Waals surface area contributed by atoms with E-state index in [1.807, 2.05) is 6.92 Å². The molecule has 4 rings (SSSR count). The molecule has 3 aromatic rings. The standard InChI is InChI=1S/C33H36O7/c1-3-4-5-7-12-22(2)38-26-19-17-24(18-20-26)33(37)40-30-27-16-11-10-15-25(27)21-28(29(30)31(34)35)39-32(36)23-13-8-6-9-14-23/h6,8-9,13-14,17-22H,3-5,7,10-12,15-16H2,1-2H3,(H,34,35)/t22-/m1/s1. The normalized spacial score (nSPS) is 13.2. The van der Waals surface area contributed by atoms with Crippen molar-refractivity contribution < 1.29 is 33.7 Å². The maximum atomic E-state index is 13.2. The number of fused-ring (bicyclic) bond motifs is 1. The molecular weight excluding hydrogens is 508 g/mol. The van der Waals surface area contributed by atoms with Gasteiger partial charge in [-0.25, -0.2) is 14.4 Å². The Balaban J connectivity index is 1.55. The first-order chi connectivity index (χ1) is 19.4. The number of carboxylic acids is 1. The molecule has 0 bridgehead atoms. The van der Waals surface area contributed by atoms with Crippen LogP contribution >= 0.6 is 0 Å². The van der Waals surface area contributed by atoms with Crippen LogP contribution in [0, 0.1) is 0 Å². The second kappa shape index (κ2) is 13.8. The summed E-state index contributed by atoms with van der Waals surface area (Å²) in [7, 11) is 0. The summed E-state index contributed by atoms with van der Waals surface area (Å²) in [6, 6.07) is 16.6. The molecule has 40 heavy (non-hydrogen) atoms. The van der Waals surface area contributed by atoms with E-state index in [1.165, 1.54) is 19.3 Å². The van der Waals surface area contributed by atoms with Crippen LogP contribution in [0.2, 0.25) is 0 Å². The van der Waals surface area contributed by atoms with E-state index >= 15 is 0 Å². The van der Waals surface area contributed by atoms with E-state index in [4.69, 9.17) is 14.2 Å². The average molecular weight is 545 g/mol. The number of ether oxygens (including phenoxy) is 3. The molecule has 0 amide bonds. The lowest BCUT2D eigenvalue weighted by Crippen LogP contribution is -2.19. The van der Waals surface area contributed by atoms with Crippen molar-refractivity contribution in [1.29, 1.82) is 0 Å². The lowest BCUT2D eigenvalue weighted by molar-refractivity contribution is 0.0668. The Hall–Kier alpha value is -4.13. The van der Waals surface area contributed by atoms with E-state index in [1.54, 1.807) is 60.7 Å². The fourth-order valence-electron chi connectivity index (χ4n) is 4.94. The third-order valence-electron chi connectivity index (χ3n) is 7.08. The summed E-state index contributed by atoms with van der Waals surface area (Å²) in [4.78, 5) is 38.4. The van der Waals surface area contributed by atoms with Crippen molar-refractivity contribution in [2.75, 3.05) is 0 Å². The first-order valence-corrected chi connectivity index (χ1v) is 14.1. The van der Waals surface area contributed by atoms with Crippen LogP contribution in [0.4, 0.5) is 0 Å². The SMILES string of the molecule is CCCCCC[C@@H](C)Oc1ccc(C(=O)Oc2c3c(cc(OC(=O)c4ccccc4)c2C(=O)O)CCCC3)cc1. The molecule has 210 valence electrons. The number of rotatable bonds is 12. The van der Waals surface area contributed by atoms with Crippen LogP contribution in [0.5, 0.6) is 17.2 Å². The highest BCUT2D eigenvalue weighted by Gasteiger charge is 2.29. The Morgan fingerprint density at radius 1 is 0.850 bits per heavy atom. The monoisotopic (exact) mass is 544 g/mol. The largest absolute Gasteiger partial charge is 0.491 e. The van der Waals surface area contributed by atoms with E-state index < -0.39 is 17.9 Å². The first-order valence-electron chi connectivity index (χ1n) is 14.1. The number of aryl methyl sites for hydroxylation is 1. The Bertz CT molecular complexity index is 1330. The van der Waals surface area contributed by atoms with Crippen molar-refractivity contribution in [2.45, 2.75) is 77.7 Å². The van der Waals surface area contributed by atoms with Gasteiger partial charge in [0.25, 0.3) is 0 Å². The number of benzene rings is 3. The van der Waals surface area contributed by atoms with Gasteiger partial charge in [-0.1, -0.05) is 44.4 Å². The van der Waals surface area contributed by atoms with Crippen molar-refractivity contribution in [2.24, 2.45) is 0 Å². The van der Waals surface area contributed by atoms with Crippen LogP contribution in [0.15, 0.2) is 60.7 Å². The highest BCUT2D eigenvalue weighted by molar-refractivity contribution is 6.00. The van der Waals surface area contributed by atoms with Gasteiger partial charge < -0.3 is 19.3 Å². The molecule has 0 unspecified atom stereocenters. The average Bonchev–Trinajstić information content (AvgIpc) is 2.96. The van der Waals surface area contributed by atoms with Gasteiger partial charge in [0.05, 0.1) is 17.2 Å². The van der Waals surface area contributed by atoms with Gasteiger partial charge in [0.15, 0.2) is 5.75 Å². The van der Waals surface area contributed by atoms with E-state index in [-0.39, 0.29) is 34.3 Å². The third-order valence-corrected chi connectivity index (χ3v) is 7.08. The minimum Gasteiger partial charge on any atom is -0.491 e. The lowest BCUT2D eigenvalue weighted by atomic mass is 9.88. The summed E-state index contributed by atoms with van der Waals surface area (Å²) in [6.45, 7) is 4.21. The van der Waals surface area contributed by atoms with Gasteiger partial charge in [0.1, 0.15) is 17.1 Å². The Labute approximate surface area is 235 Å². The summed E-state index contributed by atoms with van der Waals surface area (Å²) < 4.78 is 17.3. The molecular formula is C33H36O7. The molecule has 0 saturated carbocycles. The lowest BCUT2D eigenvalue weighted by Gasteiger charge is -2.22. The number of carboxylic acid groups (broad SMARTS) is 1. The number of carbonyl (C=O) groups excluding carboxylic acids is 2. The summed E-state index contributed by atoms with van der Waals surface area (Å²) in [5.41, 5.74) is 1.68. The highest BCUT2D eigenvalue weighted by atomic mass is 16.5. The fourth-order valence-corrected chi connectivity index (χ4v) is 4.94. The van der Waals surface area contributed by atoms with Crippen molar-refractivity contribution in [1.82, 2.24) is 0 Å². The molecule has 0 radical (unpaired) electrons. The third kappa shape index (κ3) is 7.29. The minimum atomic E-state index is -1.34. The molecule has 0 fully saturated rings. The molecule has 0 spiro atoms. The second-order valence-corrected chi connectivity index (χ2v) is 10.2. The number of esters is 2. The molecule has 0 aliphatic heterocycles. The zero-order chi connectivity index (χ0) is 28.5. The van der Waals surface area contributed by atoms with Crippen LogP contribution in [-0.2, 0) is 12.8 Å². The van der Waals surface area contributed by atoms with Gasteiger partial charge in [-0.15, -0.1) is 0 Å². The van der Waals surface area contributed by atoms with Crippen LogP contribution in [0.25, 0.3) is 0 Å². The van der Waals surface area contributed by atoms with Gasteiger partial charge in [-0.05, 0) is 99.0 Å². The van der Waals surface area contributed by atoms with Crippen molar-refractivity contribution in [3.63, 3.8) is 0 Å². The number of unbranched alkanes of at least 4 members (excludes halogenated alkanes) is 3. The number of aromatic carboxylic acids is 1. The molecule has 1 atom stereocenters. The number of hydrogen-bond donors (Lipinski definition) is 1. The molecule has 0 saturated heterocycles. The predicted octanol–water partition coefficient (Wildman–Crippen LogP) is 7.44. The van der Waals surface area contributed by atoms with Crippen molar-refractivity contribution >= 4 is 17.9 Å². The number of carbonyl (C=O) groups is 3. The van der Waals surface area contributed by atoms with Gasteiger partial charge in [-0.3, -0.25) is 0 Å². The summed E-state index contributed by atoms with van der Waals surface area (Å²) in [5, 5.41) is 10.1. The maximum Gasteiger partial charge on any atom is 0.343 e. The van der Waals surface area contributed by atoms with Crippen LogP contribution in [-0.4, -0.2) is 29.1 Å². The minimum absolute atomic E-state index is 0.0561. The molecule has 0 aromatic heterocycles. The predicted molar refractivity (Wildman–Crippen MR) is 152 cm³/mol. The molecule has 7 nitrogen and oxygen atoms in total. The van der Waals surface area contributed by atoms with Crippen molar-refractivity contribution in [3.8, 4) is 17.2 Å². The number of hydrogen-bond acceptors (Lipinski definition) is 6. The van der Waals surface area contributed by atoms with E-state index in [9.17, 15) is 19.5 Å².